The number of aromatic amines is 1. The first kappa shape index (κ1) is 16.5. The lowest BCUT2D eigenvalue weighted by Crippen LogP contribution is -2.34. The molecule has 1 aliphatic rings. The summed E-state index contributed by atoms with van der Waals surface area (Å²) in [6.07, 6.45) is 5.86. The van der Waals surface area contributed by atoms with Gasteiger partial charge >= 0.3 is 0 Å². The maximum atomic E-state index is 12.4. The maximum Gasteiger partial charge on any atom is 0.242 e. The molecule has 1 fully saturated rings. The molecular weight excluding hydrogens is 286 g/mol. The molecule has 1 heterocycles. The molecule has 1 aromatic rings. The molecule has 0 aliphatic heterocycles. The molecule has 21 heavy (non-hydrogen) atoms. The first-order chi connectivity index (χ1) is 9.90. The molecule has 6 heteroatoms. The molecule has 2 rings (SSSR count). The number of aromatic nitrogens is 1. The first-order valence-corrected chi connectivity index (χ1v) is 9.32. The molecule has 1 aliphatic carbocycles. The number of H-pyrrole nitrogens is 1. The molecule has 0 aromatic carbocycles. The summed E-state index contributed by atoms with van der Waals surface area (Å²) in [5.74, 6) is 0.717. The van der Waals surface area contributed by atoms with Gasteiger partial charge in [-0.3, -0.25) is 0 Å². The van der Waals surface area contributed by atoms with E-state index in [-0.39, 0.29) is 6.04 Å². The van der Waals surface area contributed by atoms with E-state index in [1.807, 2.05) is 6.92 Å². The Labute approximate surface area is 128 Å². The van der Waals surface area contributed by atoms with E-state index < -0.39 is 10.0 Å². The fourth-order valence-corrected chi connectivity index (χ4v) is 3.68. The topological polar surface area (TPSA) is 74.0 Å². The van der Waals surface area contributed by atoms with Gasteiger partial charge in [-0.05, 0) is 24.8 Å². The van der Waals surface area contributed by atoms with Crippen LogP contribution in [0.1, 0.15) is 52.1 Å². The van der Waals surface area contributed by atoms with Gasteiger partial charge in [0.25, 0.3) is 0 Å². The van der Waals surface area contributed by atoms with Gasteiger partial charge in [0.1, 0.15) is 0 Å². The third-order valence-corrected chi connectivity index (χ3v) is 5.36. The number of sulfonamides is 1. The van der Waals surface area contributed by atoms with Gasteiger partial charge in [0.2, 0.25) is 10.0 Å². The molecule has 1 aromatic heterocycles. The van der Waals surface area contributed by atoms with E-state index in [9.17, 15) is 8.42 Å². The van der Waals surface area contributed by atoms with Gasteiger partial charge in [0, 0.05) is 30.5 Å². The molecule has 5 nitrogen and oxygen atoms in total. The van der Waals surface area contributed by atoms with E-state index >= 15 is 0 Å². The van der Waals surface area contributed by atoms with Crippen molar-refractivity contribution < 1.29 is 8.42 Å². The lowest BCUT2D eigenvalue weighted by atomic mass is 10.1. The van der Waals surface area contributed by atoms with Gasteiger partial charge in [-0.15, -0.1) is 0 Å². The van der Waals surface area contributed by atoms with E-state index in [0.717, 1.165) is 24.5 Å². The van der Waals surface area contributed by atoms with Gasteiger partial charge < -0.3 is 10.3 Å². The molecular formula is C15H27N3O2S. The summed E-state index contributed by atoms with van der Waals surface area (Å²) in [7, 11) is -3.42. The zero-order valence-corrected chi connectivity index (χ0v) is 14.0. The first-order valence-electron chi connectivity index (χ1n) is 7.83. The van der Waals surface area contributed by atoms with Crippen molar-refractivity contribution in [1.82, 2.24) is 15.0 Å². The second kappa shape index (κ2) is 6.94. The van der Waals surface area contributed by atoms with Gasteiger partial charge in [0.15, 0.2) is 0 Å². The van der Waals surface area contributed by atoms with E-state index in [2.05, 4.69) is 28.9 Å². The highest BCUT2D eigenvalue weighted by atomic mass is 32.2. The molecule has 0 saturated heterocycles. The summed E-state index contributed by atoms with van der Waals surface area (Å²) in [6, 6.07) is 2.13. The molecule has 1 atom stereocenters. The van der Waals surface area contributed by atoms with Crippen LogP contribution in [0.15, 0.2) is 17.2 Å². The van der Waals surface area contributed by atoms with Crippen LogP contribution >= 0.6 is 0 Å². The highest BCUT2D eigenvalue weighted by Gasteiger charge is 2.27. The van der Waals surface area contributed by atoms with Crippen LogP contribution in [0.2, 0.25) is 0 Å². The quantitative estimate of drug-likeness (QED) is 0.655. The molecule has 0 amide bonds. The van der Waals surface area contributed by atoms with Crippen molar-refractivity contribution in [3.05, 3.63) is 18.0 Å². The van der Waals surface area contributed by atoms with Crippen LogP contribution in [0, 0.1) is 5.92 Å². The van der Waals surface area contributed by atoms with Gasteiger partial charge in [0.05, 0.1) is 4.90 Å². The number of rotatable bonds is 9. The molecule has 3 N–H and O–H groups in total. The Kier molecular flexibility index (Phi) is 5.46. The maximum absolute atomic E-state index is 12.4. The number of nitrogens with one attached hydrogen (secondary N) is 3. The van der Waals surface area contributed by atoms with Crippen LogP contribution < -0.4 is 10.0 Å². The summed E-state index contributed by atoms with van der Waals surface area (Å²) in [6.45, 7) is 6.80. The average molecular weight is 313 g/mol. The van der Waals surface area contributed by atoms with Crippen molar-refractivity contribution in [2.45, 2.75) is 70.0 Å². The minimum atomic E-state index is -3.42. The Morgan fingerprint density at radius 2 is 2.10 bits per heavy atom. The zero-order chi connectivity index (χ0) is 15.5. The molecule has 1 unspecified atom stereocenters. The largest absolute Gasteiger partial charge is 0.363 e. The van der Waals surface area contributed by atoms with Crippen molar-refractivity contribution in [1.29, 1.82) is 0 Å². The predicted molar refractivity (Wildman–Crippen MR) is 84.5 cm³/mol. The standard InChI is InChI=1S/C15H27N3O2S/c1-4-13(7-12-5-6-12)18-21(19,20)15-8-14(17-10-15)9-16-11(2)3/h8,10-13,16-18H,4-7,9H2,1-3H3. The summed E-state index contributed by atoms with van der Waals surface area (Å²) in [5.41, 5.74) is 0.888. The van der Waals surface area contributed by atoms with Crippen LogP contribution in [0.25, 0.3) is 0 Å². The Morgan fingerprint density at radius 1 is 1.38 bits per heavy atom. The number of hydrogen-bond acceptors (Lipinski definition) is 3. The van der Waals surface area contributed by atoms with E-state index in [1.165, 1.54) is 12.8 Å². The van der Waals surface area contributed by atoms with Crippen LogP contribution in [-0.4, -0.2) is 25.5 Å². The monoisotopic (exact) mass is 313 g/mol. The Balaban J connectivity index is 1.97. The van der Waals surface area contributed by atoms with Gasteiger partial charge in [-0.1, -0.05) is 33.6 Å². The molecule has 0 bridgehead atoms. The van der Waals surface area contributed by atoms with Crippen LogP contribution in [0.5, 0.6) is 0 Å². The van der Waals surface area contributed by atoms with Gasteiger partial charge in [-0.25, -0.2) is 13.1 Å². The van der Waals surface area contributed by atoms with Crippen molar-refractivity contribution in [3.8, 4) is 0 Å². The third-order valence-electron chi connectivity index (χ3n) is 3.86. The van der Waals surface area contributed by atoms with Crippen LogP contribution in [-0.2, 0) is 16.6 Å². The number of hydrogen-bond donors (Lipinski definition) is 3. The molecule has 120 valence electrons. The second-order valence-corrected chi connectivity index (χ2v) is 8.02. The predicted octanol–water partition coefficient (Wildman–Crippen LogP) is 2.37. The fraction of sp³-hybridized carbons (Fsp3) is 0.733. The SMILES string of the molecule is CCC(CC1CC1)NS(=O)(=O)c1c[nH]c(CNC(C)C)c1. The van der Waals surface area contributed by atoms with E-state index in [4.69, 9.17) is 0 Å². The lowest BCUT2D eigenvalue weighted by molar-refractivity contribution is 0.495. The minimum Gasteiger partial charge on any atom is -0.363 e. The highest BCUT2D eigenvalue weighted by molar-refractivity contribution is 7.89. The molecule has 1 saturated carbocycles. The summed E-state index contributed by atoms with van der Waals surface area (Å²) >= 11 is 0. The highest BCUT2D eigenvalue weighted by Crippen LogP contribution is 2.34. The zero-order valence-electron chi connectivity index (χ0n) is 13.1. The lowest BCUT2D eigenvalue weighted by Gasteiger charge is -2.16. The van der Waals surface area contributed by atoms with Crippen molar-refractivity contribution in [2.24, 2.45) is 5.92 Å². The average Bonchev–Trinajstić information content (AvgIpc) is 3.09. The van der Waals surface area contributed by atoms with Crippen molar-refractivity contribution >= 4 is 10.0 Å². The Morgan fingerprint density at radius 3 is 2.67 bits per heavy atom. The third kappa shape index (κ3) is 5.13. The smallest absolute Gasteiger partial charge is 0.242 e. The summed E-state index contributed by atoms with van der Waals surface area (Å²) in [5, 5.41) is 3.27. The van der Waals surface area contributed by atoms with Crippen molar-refractivity contribution in [3.63, 3.8) is 0 Å². The summed E-state index contributed by atoms with van der Waals surface area (Å²) < 4.78 is 27.6. The second-order valence-electron chi connectivity index (χ2n) is 6.30. The van der Waals surface area contributed by atoms with E-state index in [1.54, 1.807) is 12.3 Å². The Bertz CT molecular complexity index is 547. The molecule has 0 radical (unpaired) electrons. The fourth-order valence-electron chi connectivity index (χ4n) is 2.33. The minimum absolute atomic E-state index is 0.0506. The Hall–Kier alpha value is -0.850. The normalized spacial score (nSPS) is 17.3. The molecule has 0 spiro atoms. The van der Waals surface area contributed by atoms with E-state index in [0.29, 0.717) is 17.5 Å². The van der Waals surface area contributed by atoms with Gasteiger partial charge in [-0.2, -0.15) is 0 Å². The van der Waals surface area contributed by atoms with Crippen LogP contribution in [0.3, 0.4) is 0 Å². The summed E-state index contributed by atoms with van der Waals surface area (Å²) in [4.78, 5) is 3.36. The van der Waals surface area contributed by atoms with Crippen LogP contribution in [0.4, 0.5) is 0 Å². The van der Waals surface area contributed by atoms with Crippen molar-refractivity contribution in [2.75, 3.05) is 0 Å².